The maximum absolute atomic E-state index is 14.8. The molecular formula is C37H36ClFN6O3. The van der Waals surface area contributed by atoms with Crippen molar-refractivity contribution in [1.82, 2.24) is 24.6 Å². The fourth-order valence-electron chi connectivity index (χ4n) is 6.96. The molecule has 1 unspecified atom stereocenters. The number of aromatic nitrogens is 3. The van der Waals surface area contributed by atoms with E-state index in [1.165, 1.54) is 29.4 Å². The Balaban J connectivity index is 1.21. The van der Waals surface area contributed by atoms with Crippen molar-refractivity contribution in [3.63, 3.8) is 0 Å². The molecule has 11 heteroatoms. The standard InChI is InChI=1S/C37H36ClFN6O3/c1-42(2)27-13-17-43(18-14-27)31-7-3-5-29-28(31)15-19-44(37(47)26-22-41-45(23-26)32-8-4-6-30(38)34(32)39)35(29)33(46)21-24-9-11-25(12-10-24)36-40-16-20-48-36/h3-12,16,20,22-23,27,35H,13-15,17-19,21H2,1-2H3. The first kappa shape index (κ1) is 31.8. The SMILES string of the molecule is CN(C)C1CCN(c2cccc3c2CCN(C(=O)c2cnn(-c4cccc(Cl)c4F)c2)C3C(=O)Cc2ccc(-c3ncco3)cc2)CC1. The highest BCUT2D eigenvalue weighted by Gasteiger charge is 2.38. The number of carbonyl (C=O) groups excluding carboxylic acids is 2. The third kappa shape index (κ3) is 6.13. The van der Waals surface area contributed by atoms with Crippen LogP contribution in [0.3, 0.4) is 0 Å². The lowest BCUT2D eigenvalue weighted by molar-refractivity contribution is -0.123. The number of amides is 1. The minimum Gasteiger partial charge on any atom is -0.445 e. The smallest absolute Gasteiger partial charge is 0.257 e. The summed E-state index contributed by atoms with van der Waals surface area (Å²) in [5.41, 5.74) is 5.11. The first-order chi connectivity index (χ1) is 23.3. The van der Waals surface area contributed by atoms with E-state index in [0.717, 1.165) is 53.9 Å². The molecule has 2 aromatic heterocycles. The van der Waals surface area contributed by atoms with Gasteiger partial charge in [0.05, 0.1) is 23.0 Å². The fourth-order valence-corrected chi connectivity index (χ4v) is 7.13. The summed E-state index contributed by atoms with van der Waals surface area (Å²) in [6, 6.07) is 18.0. The van der Waals surface area contributed by atoms with Gasteiger partial charge in [-0.3, -0.25) is 9.59 Å². The summed E-state index contributed by atoms with van der Waals surface area (Å²) < 4.78 is 21.5. The van der Waals surface area contributed by atoms with Gasteiger partial charge in [-0.25, -0.2) is 14.1 Å². The number of benzene rings is 3. The number of oxazole rings is 1. The van der Waals surface area contributed by atoms with Crippen LogP contribution in [-0.2, 0) is 17.6 Å². The normalized spacial score (nSPS) is 16.7. The summed E-state index contributed by atoms with van der Waals surface area (Å²) in [6.07, 6.45) is 8.86. The Hall–Kier alpha value is -4.80. The molecule has 0 N–H and O–H groups in total. The van der Waals surface area contributed by atoms with Crippen LogP contribution in [0, 0.1) is 5.82 Å². The second-order valence-corrected chi connectivity index (χ2v) is 13.0. The summed E-state index contributed by atoms with van der Waals surface area (Å²) in [5, 5.41) is 4.23. The van der Waals surface area contributed by atoms with E-state index in [0.29, 0.717) is 24.9 Å². The molecule has 4 heterocycles. The van der Waals surface area contributed by atoms with Crippen LogP contribution in [0.4, 0.5) is 10.1 Å². The van der Waals surface area contributed by atoms with Crippen LogP contribution in [0.5, 0.6) is 0 Å². The average Bonchev–Trinajstić information content (AvgIpc) is 3.82. The van der Waals surface area contributed by atoms with E-state index in [9.17, 15) is 14.0 Å². The monoisotopic (exact) mass is 666 g/mol. The van der Waals surface area contributed by atoms with E-state index in [1.807, 2.05) is 36.4 Å². The lowest BCUT2D eigenvalue weighted by atomic mass is 9.86. The molecule has 1 amide bonds. The number of Topliss-reactive ketones (excluding diaryl/α,β-unsaturated/α-hetero) is 1. The van der Waals surface area contributed by atoms with Crippen molar-refractivity contribution in [1.29, 1.82) is 0 Å². The molecule has 0 aliphatic carbocycles. The number of hydrogen-bond acceptors (Lipinski definition) is 7. The van der Waals surface area contributed by atoms with Crippen LogP contribution in [0.2, 0.25) is 5.02 Å². The first-order valence-electron chi connectivity index (χ1n) is 16.1. The average molecular weight is 667 g/mol. The Kier molecular flexibility index (Phi) is 8.85. The second kappa shape index (κ2) is 13.4. The highest BCUT2D eigenvalue weighted by atomic mass is 35.5. The van der Waals surface area contributed by atoms with Gasteiger partial charge in [0.15, 0.2) is 11.6 Å². The van der Waals surface area contributed by atoms with Crippen molar-refractivity contribution in [2.45, 2.75) is 37.8 Å². The van der Waals surface area contributed by atoms with Crippen LogP contribution < -0.4 is 4.90 Å². The van der Waals surface area contributed by atoms with Gasteiger partial charge in [-0.1, -0.05) is 41.9 Å². The molecule has 246 valence electrons. The molecule has 0 radical (unpaired) electrons. The van der Waals surface area contributed by atoms with Gasteiger partial charge in [-0.2, -0.15) is 5.10 Å². The van der Waals surface area contributed by atoms with Crippen molar-refractivity contribution in [2.75, 3.05) is 38.6 Å². The fraction of sp³-hybridized carbons (Fsp3) is 0.297. The van der Waals surface area contributed by atoms with Crippen molar-refractivity contribution in [3.05, 3.63) is 119 Å². The zero-order valence-electron chi connectivity index (χ0n) is 26.9. The van der Waals surface area contributed by atoms with Gasteiger partial charge in [0, 0.05) is 49.5 Å². The maximum Gasteiger partial charge on any atom is 0.257 e. The van der Waals surface area contributed by atoms with Crippen molar-refractivity contribution < 1.29 is 18.4 Å². The Morgan fingerprint density at radius 1 is 1.00 bits per heavy atom. The number of ketones is 1. The lowest BCUT2D eigenvalue weighted by Gasteiger charge is -2.41. The first-order valence-corrected chi connectivity index (χ1v) is 16.5. The number of fused-ring (bicyclic) bond motifs is 1. The van der Waals surface area contributed by atoms with E-state index < -0.39 is 11.9 Å². The van der Waals surface area contributed by atoms with Gasteiger partial charge < -0.3 is 19.1 Å². The highest BCUT2D eigenvalue weighted by molar-refractivity contribution is 6.30. The maximum atomic E-state index is 14.8. The molecule has 5 aromatic rings. The predicted molar refractivity (Wildman–Crippen MR) is 182 cm³/mol. The van der Waals surface area contributed by atoms with E-state index in [1.54, 1.807) is 23.2 Å². The molecule has 1 saturated heterocycles. The quantitative estimate of drug-likeness (QED) is 0.189. The van der Waals surface area contributed by atoms with Crippen LogP contribution in [0.1, 0.15) is 45.9 Å². The minimum atomic E-state index is -0.807. The zero-order valence-corrected chi connectivity index (χ0v) is 27.6. The van der Waals surface area contributed by atoms with E-state index >= 15 is 0 Å². The van der Waals surface area contributed by atoms with Gasteiger partial charge in [0.1, 0.15) is 18.0 Å². The summed E-state index contributed by atoms with van der Waals surface area (Å²) in [5.74, 6) is -0.558. The molecule has 0 bridgehead atoms. The van der Waals surface area contributed by atoms with Crippen molar-refractivity contribution >= 4 is 29.0 Å². The molecule has 2 aliphatic rings. The van der Waals surface area contributed by atoms with Gasteiger partial charge in [-0.15, -0.1) is 0 Å². The number of anilines is 1. The van der Waals surface area contributed by atoms with Crippen LogP contribution in [0.15, 0.2) is 89.9 Å². The van der Waals surface area contributed by atoms with Gasteiger partial charge in [0.25, 0.3) is 5.91 Å². The highest BCUT2D eigenvalue weighted by Crippen LogP contribution is 2.38. The third-order valence-corrected chi connectivity index (χ3v) is 9.81. The number of halogens is 2. The molecule has 0 saturated carbocycles. The Bertz CT molecular complexity index is 1930. The van der Waals surface area contributed by atoms with Crippen molar-refractivity contribution in [2.24, 2.45) is 0 Å². The predicted octanol–water partition coefficient (Wildman–Crippen LogP) is 6.40. The molecule has 7 rings (SSSR count). The van der Waals surface area contributed by atoms with E-state index in [2.05, 4.69) is 40.0 Å². The van der Waals surface area contributed by atoms with Crippen molar-refractivity contribution in [3.8, 4) is 17.1 Å². The molecule has 48 heavy (non-hydrogen) atoms. The Morgan fingerprint density at radius 2 is 1.75 bits per heavy atom. The van der Waals surface area contributed by atoms with Gasteiger partial charge in [-0.05, 0) is 80.4 Å². The van der Waals surface area contributed by atoms with E-state index in [-0.39, 0.29) is 34.4 Å². The Labute approximate surface area is 283 Å². The summed E-state index contributed by atoms with van der Waals surface area (Å²) >= 11 is 6.01. The second-order valence-electron chi connectivity index (χ2n) is 12.6. The summed E-state index contributed by atoms with van der Waals surface area (Å²) in [7, 11) is 4.26. The number of rotatable bonds is 8. The van der Waals surface area contributed by atoms with Gasteiger partial charge >= 0.3 is 0 Å². The molecule has 1 atom stereocenters. The number of piperidine rings is 1. The molecule has 3 aromatic carbocycles. The van der Waals surface area contributed by atoms with Crippen LogP contribution in [0.25, 0.3) is 17.1 Å². The third-order valence-electron chi connectivity index (χ3n) is 9.52. The minimum absolute atomic E-state index is 0.0376. The number of hydrogen-bond donors (Lipinski definition) is 0. The lowest BCUT2D eigenvalue weighted by Crippen LogP contribution is -2.45. The van der Waals surface area contributed by atoms with Crippen LogP contribution in [-0.4, -0.2) is 76.0 Å². The topological polar surface area (TPSA) is 87.7 Å². The largest absolute Gasteiger partial charge is 0.445 e. The van der Waals surface area contributed by atoms with Crippen LogP contribution >= 0.6 is 11.6 Å². The zero-order chi connectivity index (χ0) is 33.4. The number of carbonyl (C=O) groups is 2. The van der Waals surface area contributed by atoms with E-state index in [4.69, 9.17) is 16.0 Å². The summed E-state index contributed by atoms with van der Waals surface area (Å²) in [4.78, 5) is 39.1. The molecule has 0 spiro atoms. The molecule has 9 nitrogen and oxygen atoms in total. The van der Waals surface area contributed by atoms with Gasteiger partial charge in [0.2, 0.25) is 5.89 Å². The number of nitrogens with zero attached hydrogens (tertiary/aromatic N) is 6. The molecule has 2 aliphatic heterocycles. The summed E-state index contributed by atoms with van der Waals surface area (Å²) in [6.45, 7) is 2.21. The Morgan fingerprint density at radius 3 is 2.48 bits per heavy atom. The molecule has 1 fully saturated rings. The molecular weight excluding hydrogens is 631 g/mol.